The first-order valence-electron chi connectivity index (χ1n) is 9.76. The van der Waals surface area contributed by atoms with Gasteiger partial charge in [0.05, 0.1) is 4.99 Å². The molecule has 138 valence electrons. The summed E-state index contributed by atoms with van der Waals surface area (Å²) in [5.74, 6) is 0. The summed E-state index contributed by atoms with van der Waals surface area (Å²) < 4.78 is 0. The zero-order valence-electron chi connectivity index (χ0n) is 15.8. The summed E-state index contributed by atoms with van der Waals surface area (Å²) in [5.41, 5.74) is 10.3. The quantitative estimate of drug-likeness (QED) is 0.209. The highest BCUT2D eigenvalue weighted by Crippen LogP contribution is 2.09. The number of hydrogen-bond donors (Lipinski definition) is 2. The average Bonchev–Trinajstić information content (AvgIpc) is 2.50. The molecule has 4 N–H and O–H groups in total. The second kappa shape index (κ2) is 23.9. The summed E-state index contributed by atoms with van der Waals surface area (Å²) in [7, 11) is 0. The summed E-state index contributed by atoms with van der Waals surface area (Å²) in [6, 6.07) is 0. The van der Waals surface area contributed by atoms with Gasteiger partial charge >= 0.3 is 0 Å². The zero-order valence-corrected chi connectivity index (χ0v) is 16.6. The van der Waals surface area contributed by atoms with Crippen LogP contribution in [0.5, 0.6) is 0 Å². The lowest BCUT2D eigenvalue weighted by Crippen LogP contribution is -1.98. The highest BCUT2D eigenvalue weighted by atomic mass is 32.1. The third-order valence-corrected chi connectivity index (χ3v) is 3.72. The van der Waals surface area contributed by atoms with Crippen LogP contribution in [0.25, 0.3) is 0 Å². The molecule has 0 radical (unpaired) electrons. The van der Waals surface area contributed by atoms with Gasteiger partial charge in [0.15, 0.2) is 0 Å². The van der Waals surface area contributed by atoms with Crippen LogP contribution in [-0.2, 0) is 0 Å². The van der Waals surface area contributed by atoms with Crippen LogP contribution in [0.2, 0.25) is 0 Å². The number of allylic oxidation sites excluding steroid dienone is 2. The molecule has 0 aliphatic carbocycles. The number of hydrogen-bond acceptors (Lipinski definition) is 2. The predicted molar refractivity (Wildman–Crippen MR) is 111 cm³/mol. The molecule has 0 atom stereocenters. The van der Waals surface area contributed by atoms with Crippen molar-refractivity contribution in [2.24, 2.45) is 11.5 Å². The highest BCUT2D eigenvalue weighted by molar-refractivity contribution is 7.80. The van der Waals surface area contributed by atoms with Crippen molar-refractivity contribution in [1.29, 1.82) is 0 Å². The summed E-state index contributed by atoms with van der Waals surface area (Å²) >= 11 is 4.31. The van der Waals surface area contributed by atoms with Crippen LogP contribution in [0.3, 0.4) is 0 Å². The second-order valence-corrected chi connectivity index (χ2v) is 6.98. The van der Waals surface area contributed by atoms with Crippen molar-refractivity contribution in [2.75, 3.05) is 6.54 Å². The van der Waals surface area contributed by atoms with Gasteiger partial charge in [-0.25, -0.2) is 0 Å². The minimum absolute atomic E-state index is 0.500. The maximum Gasteiger partial charge on any atom is 0.0695 e. The standard InChI is InChI=1S/C18H37N.C2H5NS/c1-2-3-4-5-6-7-8-9-10-11-12-13-14-15-16-17-18-19;1-2(3)4/h9-10H,2-8,11-19H2,1H3;1H3,(H2,3,4)/b10-9-;. The monoisotopic (exact) mass is 342 g/mol. The summed E-state index contributed by atoms with van der Waals surface area (Å²) in [6.45, 7) is 4.82. The molecule has 0 saturated heterocycles. The fourth-order valence-corrected chi connectivity index (χ4v) is 2.39. The van der Waals surface area contributed by atoms with Gasteiger partial charge in [-0.15, -0.1) is 0 Å². The molecule has 23 heavy (non-hydrogen) atoms. The molecule has 0 fully saturated rings. The van der Waals surface area contributed by atoms with E-state index in [1.807, 2.05) is 0 Å². The molecule has 3 heteroatoms. The van der Waals surface area contributed by atoms with E-state index in [9.17, 15) is 0 Å². The Morgan fingerprint density at radius 1 is 0.739 bits per heavy atom. The van der Waals surface area contributed by atoms with Crippen molar-refractivity contribution in [3.8, 4) is 0 Å². The summed E-state index contributed by atoms with van der Waals surface area (Å²) in [4.78, 5) is 0.500. The van der Waals surface area contributed by atoms with Crippen molar-refractivity contribution in [3.05, 3.63) is 12.2 Å². The molecule has 0 unspecified atom stereocenters. The minimum atomic E-state index is 0.500. The van der Waals surface area contributed by atoms with Crippen molar-refractivity contribution < 1.29 is 0 Å². The van der Waals surface area contributed by atoms with Gasteiger partial charge in [-0.3, -0.25) is 0 Å². The molecular weight excluding hydrogens is 300 g/mol. The van der Waals surface area contributed by atoms with E-state index in [2.05, 4.69) is 31.3 Å². The Kier molecular flexibility index (Phi) is 25.8. The first-order chi connectivity index (χ1) is 11.1. The Balaban J connectivity index is 0. The first-order valence-corrected chi connectivity index (χ1v) is 10.2. The van der Waals surface area contributed by atoms with E-state index in [0.29, 0.717) is 4.99 Å². The van der Waals surface area contributed by atoms with Gasteiger partial charge in [-0.05, 0) is 45.6 Å². The van der Waals surface area contributed by atoms with E-state index >= 15 is 0 Å². The zero-order chi connectivity index (χ0) is 17.6. The Labute approximate surface area is 151 Å². The Morgan fingerprint density at radius 2 is 1.09 bits per heavy atom. The molecule has 0 aliphatic heterocycles. The van der Waals surface area contributed by atoms with Gasteiger partial charge in [0.25, 0.3) is 0 Å². The highest BCUT2D eigenvalue weighted by Gasteiger charge is 1.90. The van der Waals surface area contributed by atoms with Gasteiger partial charge < -0.3 is 11.5 Å². The van der Waals surface area contributed by atoms with Crippen LogP contribution >= 0.6 is 12.2 Å². The van der Waals surface area contributed by atoms with E-state index in [-0.39, 0.29) is 0 Å². The summed E-state index contributed by atoms with van der Waals surface area (Å²) in [5, 5.41) is 0. The normalized spacial score (nSPS) is 10.6. The van der Waals surface area contributed by atoms with Gasteiger partial charge in [0, 0.05) is 0 Å². The Morgan fingerprint density at radius 3 is 1.48 bits per heavy atom. The largest absolute Gasteiger partial charge is 0.394 e. The fourth-order valence-electron chi connectivity index (χ4n) is 2.39. The minimum Gasteiger partial charge on any atom is -0.394 e. The topological polar surface area (TPSA) is 52.0 Å². The number of nitrogens with two attached hydrogens (primary N) is 2. The molecule has 0 bridgehead atoms. The van der Waals surface area contributed by atoms with Crippen LogP contribution in [0.1, 0.15) is 104 Å². The molecule has 2 nitrogen and oxygen atoms in total. The van der Waals surface area contributed by atoms with E-state index in [1.54, 1.807) is 6.92 Å². The second-order valence-electron chi connectivity index (χ2n) is 6.34. The van der Waals surface area contributed by atoms with Crippen LogP contribution in [0, 0.1) is 0 Å². The number of thiocarbonyl (C=S) groups is 1. The molecule has 0 rings (SSSR count). The SMILES string of the molecule is CC(N)=S.CCCCCCCC/C=C\CCCCCCCCN. The number of rotatable bonds is 15. The van der Waals surface area contributed by atoms with Crippen LogP contribution in [0.4, 0.5) is 0 Å². The maximum atomic E-state index is 5.47. The van der Waals surface area contributed by atoms with Crippen molar-refractivity contribution in [3.63, 3.8) is 0 Å². The average molecular weight is 343 g/mol. The maximum absolute atomic E-state index is 5.47. The van der Waals surface area contributed by atoms with E-state index in [0.717, 1.165) is 6.54 Å². The van der Waals surface area contributed by atoms with Crippen LogP contribution < -0.4 is 11.5 Å². The van der Waals surface area contributed by atoms with E-state index in [1.165, 1.54) is 89.9 Å². The predicted octanol–water partition coefficient (Wildman–Crippen LogP) is 6.28. The third kappa shape index (κ3) is 34.1. The van der Waals surface area contributed by atoms with Crippen LogP contribution in [-0.4, -0.2) is 11.5 Å². The lowest BCUT2D eigenvalue weighted by atomic mass is 10.1. The summed E-state index contributed by atoms with van der Waals surface area (Å²) in [6.07, 6.45) is 23.9. The van der Waals surface area contributed by atoms with Gasteiger partial charge in [0.1, 0.15) is 0 Å². The lowest BCUT2D eigenvalue weighted by molar-refractivity contribution is 0.599. The molecule has 0 aromatic carbocycles. The smallest absolute Gasteiger partial charge is 0.0695 e. The van der Waals surface area contributed by atoms with Crippen molar-refractivity contribution >= 4 is 17.2 Å². The van der Waals surface area contributed by atoms with E-state index in [4.69, 9.17) is 11.5 Å². The fraction of sp³-hybridized carbons (Fsp3) is 0.850. The molecule has 0 aromatic rings. The molecule has 0 spiro atoms. The molecule has 0 aliphatic rings. The van der Waals surface area contributed by atoms with Gasteiger partial charge in [-0.1, -0.05) is 89.1 Å². The molecule has 0 heterocycles. The third-order valence-electron chi connectivity index (χ3n) is 3.72. The Hall–Kier alpha value is -0.410. The van der Waals surface area contributed by atoms with Gasteiger partial charge in [-0.2, -0.15) is 0 Å². The Bertz CT molecular complexity index is 248. The van der Waals surface area contributed by atoms with Gasteiger partial charge in [0.2, 0.25) is 0 Å². The molecule has 0 saturated carbocycles. The van der Waals surface area contributed by atoms with Crippen molar-refractivity contribution in [2.45, 2.75) is 104 Å². The molecule has 0 aromatic heterocycles. The lowest BCUT2D eigenvalue weighted by Gasteiger charge is -1.99. The van der Waals surface area contributed by atoms with Crippen molar-refractivity contribution in [1.82, 2.24) is 0 Å². The van der Waals surface area contributed by atoms with Crippen LogP contribution in [0.15, 0.2) is 12.2 Å². The molecular formula is C20H42N2S. The number of unbranched alkanes of at least 4 members (excludes halogenated alkanes) is 12. The van der Waals surface area contributed by atoms with E-state index < -0.39 is 0 Å². The first kappa shape index (κ1) is 24.8. The molecule has 0 amide bonds.